The van der Waals surface area contributed by atoms with Crippen LogP contribution in [0.5, 0.6) is 0 Å². The predicted molar refractivity (Wildman–Crippen MR) is 141 cm³/mol. The average Bonchev–Trinajstić information content (AvgIpc) is 3.28. The van der Waals surface area contributed by atoms with Gasteiger partial charge >= 0.3 is 0 Å². The van der Waals surface area contributed by atoms with Gasteiger partial charge in [0.15, 0.2) is 0 Å². The van der Waals surface area contributed by atoms with E-state index in [1.54, 1.807) is 7.11 Å². The molecule has 0 saturated carbocycles. The summed E-state index contributed by atoms with van der Waals surface area (Å²) in [4.78, 5) is 0. The molecule has 0 fully saturated rings. The van der Waals surface area contributed by atoms with Gasteiger partial charge in [0.25, 0.3) is 0 Å². The van der Waals surface area contributed by atoms with Crippen molar-refractivity contribution in [3.8, 4) is 11.1 Å². The molecule has 0 N–H and O–H groups in total. The van der Waals surface area contributed by atoms with Crippen LogP contribution in [0.3, 0.4) is 0 Å². The Balaban J connectivity index is 0.000000172. The normalized spacial score (nSPS) is 23.0. The molecule has 0 saturated heterocycles. The van der Waals surface area contributed by atoms with E-state index in [1.165, 1.54) is 49.0 Å². The maximum atomic E-state index is 5.69. The molecular formula is C30H35BrO2. The van der Waals surface area contributed by atoms with E-state index in [9.17, 15) is 0 Å². The van der Waals surface area contributed by atoms with E-state index in [2.05, 4.69) is 98.2 Å². The zero-order valence-electron chi connectivity index (χ0n) is 20.6. The molecule has 0 amide bonds. The smallest absolute Gasteiger partial charge is 0.0852 e. The van der Waals surface area contributed by atoms with Gasteiger partial charge in [-0.1, -0.05) is 89.4 Å². The van der Waals surface area contributed by atoms with Crippen LogP contribution >= 0.6 is 15.9 Å². The second-order valence-electron chi connectivity index (χ2n) is 9.73. The summed E-state index contributed by atoms with van der Waals surface area (Å²) in [6, 6.07) is 19.8. The number of ether oxygens (including phenoxy) is 2. The Morgan fingerprint density at radius 1 is 0.727 bits per heavy atom. The first-order chi connectivity index (χ1) is 15.8. The molecule has 0 heterocycles. The number of hydrogen-bond donors (Lipinski definition) is 0. The molecule has 4 atom stereocenters. The lowest BCUT2D eigenvalue weighted by atomic mass is 9.94. The standard InChI is InChI=1S/C19H22O.C11H13BrO/c1-12-8-13(2)10-15(9-12)16-6-5-7-17-18(16)11-14(3)19(17)20-4;1-7-6-9-8(11(7)13-2)4-3-5-10(9)12/h5-10,14,19H,11H2,1-4H3;3-5,7,11H,6H2,1-2H3. The predicted octanol–water partition coefficient (Wildman–Crippen LogP) is 8.18. The molecule has 2 nitrogen and oxygen atoms in total. The molecule has 4 unspecified atom stereocenters. The zero-order chi connectivity index (χ0) is 23.7. The summed E-state index contributed by atoms with van der Waals surface area (Å²) in [6.45, 7) is 8.85. The van der Waals surface area contributed by atoms with Crippen LogP contribution in [-0.4, -0.2) is 14.2 Å². The summed E-state index contributed by atoms with van der Waals surface area (Å²) in [5.74, 6) is 1.15. The molecule has 2 aliphatic carbocycles. The first kappa shape index (κ1) is 24.2. The van der Waals surface area contributed by atoms with Crippen molar-refractivity contribution in [2.75, 3.05) is 14.2 Å². The Hall–Kier alpha value is -1.94. The average molecular weight is 508 g/mol. The fourth-order valence-corrected chi connectivity index (χ4v) is 6.29. The highest BCUT2D eigenvalue weighted by Gasteiger charge is 2.31. The minimum Gasteiger partial charge on any atom is -0.376 e. The van der Waals surface area contributed by atoms with Gasteiger partial charge in [0.1, 0.15) is 0 Å². The van der Waals surface area contributed by atoms with Crippen molar-refractivity contribution >= 4 is 15.9 Å². The van der Waals surface area contributed by atoms with E-state index >= 15 is 0 Å². The summed E-state index contributed by atoms with van der Waals surface area (Å²) >= 11 is 3.58. The molecule has 5 rings (SSSR count). The molecule has 3 aromatic carbocycles. The lowest BCUT2D eigenvalue weighted by Gasteiger charge is -2.14. The molecule has 0 spiro atoms. The summed E-state index contributed by atoms with van der Waals surface area (Å²) in [5.41, 5.74) is 11.0. The third kappa shape index (κ3) is 4.82. The van der Waals surface area contributed by atoms with Crippen LogP contribution in [0.15, 0.2) is 59.1 Å². The third-order valence-corrected chi connectivity index (χ3v) is 7.85. The molecular weight excluding hydrogens is 472 g/mol. The van der Waals surface area contributed by atoms with Crippen molar-refractivity contribution in [2.24, 2.45) is 11.8 Å². The molecule has 0 aliphatic heterocycles. The number of rotatable bonds is 3. The van der Waals surface area contributed by atoms with Crippen LogP contribution in [0.2, 0.25) is 0 Å². The lowest BCUT2D eigenvalue weighted by Crippen LogP contribution is -2.05. The van der Waals surface area contributed by atoms with Gasteiger partial charge in [-0.25, -0.2) is 0 Å². The van der Waals surface area contributed by atoms with Crippen LogP contribution in [0.4, 0.5) is 0 Å². The monoisotopic (exact) mass is 506 g/mol. The molecule has 0 bridgehead atoms. The minimum atomic E-state index is 0.246. The highest BCUT2D eigenvalue weighted by Crippen LogP contribution is 2.43. The quantitative estimate of drug-likeness (QED) is 0.356. The van der Waals surface area contributed by atoms with E-state index in [0.29, 0.717) is 11.8 Å². The topological polar surface area (TPSA) is 18.5 Å². The fourth-order valence-electron chi connectivity index (χ4n) is 5.75. The number of hydrogen-bond acceptors (Lipinski definition) is 2. The van der Waals surface area contributed by atoms with E-state index in [4.69, 9.17) is 9.47 Å². The second kappa shape index (κ2) is 10.1. The molecule has 3 heteroatoms. The maximum absolute atomic E-state index is 5.69. The van der Waals surface area contributed by atoms with Crippen LogP contribution in [-0.2, 0) is 22.3 Å². The van der Waals surface area contributed by atoms with Crippen LogP contribution < -0.4 is 0 Å². The van der Waals surface area contributed by atoms with Gasteiger partial charge in [-0.15, -0.1) is 0 Å². The Morgan fingerprint density at radius 2 is 1.24 bits per heavy atom. The number of aryl methyl sites for hydroxylation is 2. The summed E-state index contributed by atoms with van der Waals surface area (Å²) in [5, 5.41) is 0. The number of fused-ring (bicyclic) bond motifs is 2. The second-order valence-corrected chi connectivity index (χ2v) is 10.6. The van der Waals surface area contributed by atoms with E-state index in [-0.39, 0.29) is 12.2 Å². The van der Waals surface area contributed by atoms with Gasteiger partial charge < -0.3 is 9.47 Å². The van der Waals surface area contributed by atoms with E-state index < -0.39 is 0 Å². The van der Waals surface area contributed by atoms with E-state index in [0.717, 1.165) is 12.8 Å². The zero-order valence-corrected chi connectivity index (χ0v) is 22.2. The Morgan fingerprint density at radius 3 is 1.82 bits per heavy atom. The van der Waals surface area contributed by atoms with Crippen LogP contribution in [0.1, 0.15) is 59.4 Å². The van der Waals surface area contributed by atoms with Crippen molar-refractivity contribution in [2.45, 2.75) is 52.7 Å². The highest BCUT2D eigenvalue weighted by molar-refractivity contribution is 9.10. The minimum absolute atomic E-state index is 0.246. The molecule has 174 valence electrons. The summed E-state index contributed by atoms with van der Waals surface area (Å²) in [7, 11) is 3.61. The first-order valence-electron chi connectivity index (χ1n) is 11.9. The number of halogens is 1. The molecule has 2 aliphatic rings. The summed E-state index contributed by atoms with van der Waals surface area (Å²) < 4.78 is 12.4. The molecule has 0 radical (unpaired) electrons. The van der Waals surface area contributed by atoms with Gasteiger partial charge in [0.2, 0.25) is 0 Å². The fraction of sp³-hybridized carbons (Fsp3) is 0.400. The van der Waals surface area contributed by atoms with Gasteiger partial charge in [0.05, 0.1) is 12.2 Å². The van der Waals surface area contributed by atoms with E-state index in [1.807, 2.05) is 7.11 Å². The Labute approximate surface area is 207 Å². The van der Waals surface area contributed by atoms with Crippen molar-refractivity contribution in [1.82, 2.24) is 0 Å². The van der Waals surface area contributed by atoms with Crippen molar-refractivity contribution in [3.63, 3.8) is 0 Å². The Bertz CT molecular complexity index is 1120. The van der Waals surface area contributed by atoms with Crippen LogP contribution in [0.25, 0.3) is 11.1 Å². The van der Waals surface area contributed by atoms with Gasteiger partial charge in [-0.2, -0.15) is 0 Å². The maximum Gasteiger partial charge on any atom is 0.0852 e. The van der Waals surface area contributed by atoms with Crippen molar-refractivity contribution in [3.05, 3.63) is 92.5 Å². The molecule has 3 aromatic rings. The van der Waals surface area contributed by atoms with Crippen LogP contribution in [0, 0.1) is 25.7 Å². The van der Waals surface area contributed by atoms with Crippen molar-refractivity contribution < 1.29 is 9.47 Å². The number of benzene rings is 3. The van der Waals surface area contributed by atoms with Crippen molar-refractivity contribution in [1.29, 1.82) is 0 Å². The lowest BCUT2D eigenvalue weighted by molar-refractivity contribution is 0.0695. The highest BCUT2D eigenvalue weighted by atomic mass is 79.9. The summed E-state index contributed by atoms with van der Waals surface area (Å²) in [6.07, 6.45) is 2.76. The van der Waals surface area contributed by atoms with Gasteiger partial charge in [-0.05, 0) is 78.0 Å². The Kier molecular flexibility index (Phi) is 7.43. The largest absolute Gasteiger partial charge is 0.376 e. The third-order valence-electron chi connectivity index (χ3n) is 7.11. The first-order valence-corrected chi connectivity index (χ1v) is 12.7. The SMILES string of the molecule is COC1c2cccc(-c3cc(C)cc(C)c3)c2CC1C.COC1c2cccc(Br)c2CC1C. The van der Waals surface area contributed by atoms with Gasteiger partial charge in [-0.3, -0.25) is 0 Å². The molecule has 33 heavy (non-hydrogen) atoms. The molecule has 0 aromatic heterocycles. The van der Waals surface area contributed by atoms with Gasteiger partial charge in [0, 0.05) is 18.7 Å². The number of methoxy groups -OCH3 is 2.